The van der Waals surface area contributed by atoms with Gasteiger partial charge in [0.25, 0.3) is 5.91 Å². The number of carbonyl (C=O) groups excluding carboxylic acids is 2. The van der Waals surface area contributed by atoms with E-state index in [2.05, 4.69) is 4.98 Å². The molecule has 1 aromatic heterocycles. The highest BCUT2D eigenvalue weighted by Crippen LogP contribution is 2.43. The van der Waals surface area contributed by atoms with Crippen LogP contribution in [0.25, 0.3) is 0 Å². The molecule has 2 aromatic carbocycles. The summed E-state index contributed by atoms with van der Waals surface area (Å²) in [6, 6.07) is 20.5. The topological polar surface area (TPSA) is 59.5 Å². The van der Waals surface area contributed by atoms with Gasteiger partial charge in [0.15, 0.2) is 6.61 Å². The maximum atomic E-state index is 13.1. The third kappa shape index (κ3) is 4.28. The van der Waals surface area contributed by atoms with Crippen LogP contribution in [0.1, 0.15) is 22.0 Å². The molecule has 0 N–H and O–H groups in total. The van der Waals surface area contributed by atoms with Gasteiger partial charge in [0.1, 0.15) is 5.15 Å². The van der Waals surface area contributed by atoms with E-state index in [0.29, 0.717) is 0 Å². The molecule has 1 aliphatic heterocycles. The second-order valence-corrected chi connectivity index (χ2v) is 7.86. The maximum Gasteiger partial charge on any atom is 0.340 e. The zero-order valence-electron chi connectivity index (χ0n) is 15.3. The summed E-state index contributed by atoms with van der Waals surface area (Å²) in [4.78, 5) is 32.0. The smallest absolute Gasteiger partial charge is 0.340 e. The number of rotatable bonds is 4. The monoisotopic (exact) mass is 424 g/mol. The highest BCUT2D eigenvalue weighted by Gasteiger charge is 2.32. The number of nitrogens with zero attached hydrogens (tertiary/aromatic N) is 2. The number of halogens is 1. The Bertz CT molecular complexity index is 1030. The molecule has 1 atom stereocenters. The number of hydrogen-bond donors (Lipinski definition) is 0. The standard InChI is InChI=1S/C22H17ClN2O3S/c23-20-11-10-16(12-24-20)22(27)28-13-21(26)25-17-8-4-5-9-19(17)29-14-18(25)15-6-2-1-3-7-15/h1-12,18H,13-14H2. The number of benzene rings is 2. The van der Waals surface area contributed by atoms with Gasteiger partial charge in [-0.05, 0) is 29.8 Å². The van der Waals surface area contributed by atoms with Crippen molar-refractivity contribution >= 4 is 40.9 Å². The fraction of sp³-hybridized carbons (Fsp3) is 0.136. The molecule has 5 nitrogen and oxygen atoms in total. The van der Waals surface area contributed by atoms with E-state index in [0.717, 1.165) is 21.9 Å². The van der Waals surface area contributed by atoms with Gasteiger partial charge in [0.05, 0.1) is 17.3 Å². The van der Waals surface area contributed by atoms with Crippen LogP contribution in [-0.4, -0.2) is 29.2 Å². The van der Waals surface area contributed by atoms with Crippen molar-refractivity contribution in [3.8, 4) is 0 Å². The summed E-state index contributed by atoms with van der Waals surface area (Å²) in [7, 11) is 0. The number of amides is 1. The van der Waals surface area contributed by atoms with Crippen LogP contribution in [0.3, 0.4) is 0 Å². The molecule has 4 rings (SSSR count). The lowest BCUT2D eigenvalue weighted by Crippen LogP contribution is -2.41. The zero-order valence-corrected chi connectivity index (χ0v) is 16.9. The summed E-state index contributed by atoms with van der Waals surface area (Å²) >= 11 is 7.45. The number of pyridine rings is 1. The SMILES string of the molecule is O=C(OCC(=O)N1c2ccccc2SCC1c1ccccc1)c1ccc(Cl)nc1. The molecule has 1 amide bonds. The minimum absolute atomic E-state index is 0.139. The van der Waals surface area contributed by atoms with E-state index in [1.165, 1.54) is 18.3 Å². The Morgan fingerprint density at radius 2 is 1.83 bits per heavy atom. The molecule has 7 heteroatoms. The van der Waals surface area contributed by atoms with Gasteiger partial charge in [-0.1, -0.05) is 54.1 Å². The fourth-order valence-corrected chi connectivity index (χ4v) is 4.47. The van der Waals surface area contributed by atoms with Crippen LogP contribution in [-0.2, 0) is 9.53 Å². The van der Waals surface area contributed by atoms with E-state index in [-0.39, 0.29) is 29.3 Å². The maximum absolute atomic E-state index is 13.1. The molecule has 0 saturated heterocycles. The molecule has 3 aromatic rings. The van der Waals surface area contributed by atoms with Crippen molar-refractivity contribution in [1.29, 1.82) is 0 Å². The molecule has 0 spiro atoms. The number of aromatic nitrogens is 1. The van der Waals surface area contributed by atoms with Crippen LogP contribution in [0.2, 0.25) is 5.15 Å². The predicted octanol–water partition coefficient (Wildman–Crippen LogP) is 4.77. The molecule has 0 fully saturated rings. The first-order valence-corrected chi connectivity index (χ1v) is 10.4. The van der Waals surface area contributed by atoms with Gasteiger partial charge < -0.3 is 4.74 Å². The van der Waals surface area contributed by atoms with Crippen molar-refractivity contribution in [2.75, 3.05) is 17.3 Å². The number of fused-ring (bicyclic) bond motifs is 1. The lowest BCUT2D eigenvalue weighted by atomic mass is 10.1. The zero-order chi connectivity index (χ0) is 20.2. The molecule has 146 valence electrons. The van der Waals surface area contributed by atoms with Gasteiger partial charge in [-0.15, -0.1) is 11.8 Å². The Hall–Kier alpha value is -2.83. The van der Waals surface area contributed by atoms with Crippen LogP contribution in [0.15, 0.2) is 77.8 Å². The number of ether oxygens (including phenoxy) is 1. The first-order valence-electron chi connectivity index (χ1n) is 9.01. The van der Waals surface area contributed by atoms with Crippen LogP contribution in [0.4, 0.5) is 5.69 Å². The van der Waals surface area contributed by atoms with Crippen molar-refractivity contribution in [1.82, 2.24) is 4.98 Å². The van der Waals surface area contributed by atoms with Gasteiger partial charge in [0, 0.05) is 16.8 Å². The quantitative estimate of drug-likeness (QED) is 0.446. The summed E-state index contributed by atoms with van der Waals surface area (Å²) < 4.78 is 5.26. The van der Waals surface area contributed by atoms with Crippen LogP contribution in [0.5, 0.6) is 0 Å². The van der Waals surface area contributed by atoms with Crippen LogP contribution >= 0.6 is 23.4 Å². The van der Waals surface area contributed by atoms with Crippen LogP contribution in [0, 0.1) is 0 Å². The fourth-order valence-electron chi connectivity index (χ4n) is 3.19. The van der Waals surface area contributed by atoms with E-state index in [1.54, 1.807) is 16.7 Å². The number of para-hydroxylation sites is 1. The molecule has 1 unspecified atom stereocenters. The van der Waals surface area contributed by atoms with Gasteiger partial charge in [-0.2, -0.15) is 0 Å². The Morgan fingerprint density at radius 1 is 1.07 bits per heavy atom. The predicted molar refractivity (Wildman–Crippen MR) is 113 cm³/mol. The average molecular weight is 425 g/mol. The number of hydrogen-bond acceptors (Lipinski definition) is 5. The summed E-state index contributed by atoms with van der Waals surface area (Å²) in [5.74, 6) is -0.165. The molecule has 0 bridgehead atoms. The first-order chi connectivity index (χ1) is 14.1. The van der Waals surface area contributed by atoms with Gasteiger partial charge >= 0.3 is 5.97 Å². The van der Waals surface area contributed by atoms with E-state index in [9.17, 15) is 9.59 Å². The van der Waals surface area contributed by atoms with Crippen molar-refractivity contribution in [2.45, 2.75) is 10.9 Å². The summed E-state index contributed by atoms with van der Waals surface area (Å²) in [6.45, 7) is -0.357. The Kier molecular flexibility index (Phi) is 5.83. The molecule has 0 radical (unpaired) electrons. The molecule has 1 aliphatic rings. The molecular formula is C22H17ClN2O3S. The minimum Gasteiger partial charge on any atom is -0.452 e. The van der Waals surface area contributed by atoms with Gasteiger partial charge in [0.2, 0.25) is 0 Å². The molecule has 29 heavy (non-hydrogen) atoms. The Balaban J connectivity index is 1.56. The first kappa shape index (κ1) is 19.5. The normalized spacial score (nSPS) is 15.5. The van der Waals surface area contributed by atoms with Crippen molar-refractivity contribution in [3.63, 3.8) is 0 Å². The second kappa shape index (κ2) is 8.68. The number of carbonyl (C=O) groups is 2. The third-order valence-electron chi connectivity index (χ3n) is 4.58. The van der Waals surface area contributed by atoms with Crippen molar-refractivity contribution in [2.24, 2.45) is 0 Å². The summed E-state index contributed by atoms with van der Waals surface area (Å²) in [5, 5.41) is 0.283. The summed E-state index contributed by atoms with van der Waals surface area (Å²) in [5.41, 5.74) is 2.11. The molecule has 0 saturated carbocycles. The molecule has 2 heterocycles. The van der Waals surface area contributed by atoms with Crippen molar-refractivity contribution in [3.05, 3.63) is 89.2 Å². The van der Waals surface area contributed by atoms with Gasteiger partial charge in [-0.25, -0.2) is 9.78 Å². The lowest BCUT2D eigenvalue weighted by molar-refractivity contribution is -0.122. The molecule has 0 aliphatic carbocycles. The third-order valence-corrected chi connectivity index (χ3v) is 5.94. The van der Waals surface area contributed by atoms with E-state index in [1.807, 2.05) is 54.6 Å². The van der Waals surface area contributed by atoms with Crippen LogP contribution < -0.4 is 4.90 Å². The second-order valence-electron chi connectivity index (χ2n) is 6.41. The van der Waals surface area contributed by atoms with E-state index in [4.69, 9.17) is 16.3 Å². The van der Waals surface area contributed by atoms with E-state index >= 15 is 0 Å². The highest BCUT2D eigenvalue weighted by atomic mass is 35.5. The lowest BCUT2D eigenvalue weighted by Gasteiger charge is -2.37. The average Bonchev–Trinajstić information content (AvgIpc) is 2.77. The van der Waals surface area contributed by atoms with Gasteiger partial charge in [-0.3, -0.25) is 9.69 Å². The highest BCUT2D eigenvalue weighted by molar-refractivity contribution is 7.99. The Labute approximate surface area is 177 Å². The number of anilines is 1. The largest absolute Gasteiger partial charge is 0.452 e. The number of esters is 1. The Morgan fingerprint density at radius 3 is 2.59 bits per heavy atom. The van der Waals surface area contributed by atoms with E-state index < -0.39 is 5.97 Å². The number of thioether (sulfide) groups is 1. The van der Waals surface area contributed by atoms with Crippen molar-refractivity contribution < 1.29 is 14.3 Å². The minimum atomic E-state index is -0.613. The summed E-state index contributed by atoms with van der Waals surface area (Å²) in [6.07, 6.45) is 1.33. The molecular weight excluding hydrogens is 408 g/mol.